The highest BCUT2D eigenvalue weighted by molar-refractivity contribution is 6.43. The molecule has 2 heterocycles. The molecule has 1 aromatic rings. The standard InChI is InChI=1S/C6H7N5O2/c1-3-4(10-13)5(12)11-6(9-3)7-2-8-11/h2,5,12-13H,1H3/b10-4+/t5-/m1/s1. The van der Waals surface area contributed by atoms with Gasteiger partial charge in [0.15, 0.2) is 11.9 Å². The van der Waals surface area contributed by atoms with Crippen LogP contribution in [-0.4, -0.2) is 36.5 Å². The van der Waals surface area contributed by atoms with Crippen molar-refractivity contribution >= 4 is 17.4 Å². The first kappa shape index (κ1) is 7.87. The molecule has 0 bridgehead atoms. The minimum Gasteiger partial charge on any atom is -0.410 e. The molecular formula is C6H7N5O2. The molecule has 0 saturated heterocycles. The first-order chi connectivity index (χ1) is 6.24. The van der Waals surface area contributed by atoms with Gasteiger partial charge in [0.1, 0.15) is 6.33 Å². The molecule has 1 aromatic heterocycles. The maximum absolute atomic E-state index is 9.57. The fourth-order valence-corrected chi connectivity index (χ4v) is 1.13. The second-order valence-electron chi connectivity index (χ2n) is 2.56. The van der Waals surface area contributed by atoms with Gasteiger partial charge >= 0.3 is 0 Å². The first-order valence-corrected chi connectivity index (χ1v) is 3.59. The zero-order chi connectivity index (χ0) is 9.42. The molecule has 0 aliphatic carbocycles. The summed E-state index contributed by atoms with van der Waals surface area (Å²) in [5, 5.41) is 24.8. The average Bonchev–Trinajstić information content (AvgIpc) is 2.53. The molecule has 7 heteroatoms. The summed E-state index contributed by atoms with van der Waals surface area (Å²) >= 11 is 0. The van der Waals surface area contributed by atoms with Gasteiger partial charge in [0.25, 0.3) is 5.95 Å². The Morgan fingerprint density at radius 3 is 3.08 bits per heavy atom. The lowest BCUT2D eigenvalue weighted by atomic mass is 10.2. The predicted octanol–water partition coefficient (Wildman–Crippen LogP) is -0.295. The Morgan fingerprint density at radius 2 is 2.38 bits per heavy atom. The molecule has 0 radical (unpaired) electrons. The number of aromatic nitrogens is 3. The normalized spacial score (nSPS) is 24.3. The largest absolute Gasteiger partial charge is 0.410 e. The highest BCUT2D eigenvalue weighted by Gasteiger charge is 2.26. The number of aliphatic hydroxyl groups excluding tert-OH is 1. The molecule has 0 amide bonds. The quantitative estimate of drug-likeness (QED) is 0.424. The molecular weight excluding hydrogens is 174 g/mol. The first-order valence-electron chi connectivity index (χ1n) is 3.59. The average molecular weight is 181 g/mol. The summed E-state index contributed by atoms with van der Waals surface area (Å²) in [6.07, 6.45) is 0.162. The van der Waals surface area contributed by atoms with E-state index in [0.29, 0.717) is 11.7 Å². The number of nitrogens with zero attached hydrogens (tertiary/aromatic N) is 5. The van der Waals surface area contributed by atoms with E-state index in [1.165, 1.54) is 11.0 Å². The fourth-order valence-electron chi connectivity index (χ4n) is 1.13. The van der Waals surface area contributed by atoms with E-state index in [1.807, 2.05) is 0 Å². The summed E-state index contributed by atoms with van der Waals surface area (Å²) in [5.74, 6) is 0.303. The van der Waals surface area contributed by atoms with Gasteiger partial charge < -0.3 is 10.3 Å². The Labute approximate surface area is 73.0 Å². The maximum Gasteiger partial charge on any atom is 0.250 e. The highest BCUT2D eigenvalue weighted by atomic mass is 16.4. The van der Waals surface area contributed by atoms with Crippen molar-refractivity contribution in [2.45, 2.75) is 13.2 Å². The number of rotatable bonds is 0. The topological polar surface area (TPSA) is 95.9 Å². The van der Waals surface area contributed by atoms with Gasteiger partial charge in [-0.3, -0.25) is 0 Å². The second kappa shape index (κ2) is 2.63. The Balaban J connectivity index is 2.58. The molecule has 68 valence electrons. The van der Waals surface area contributed by atoms with Crippen molar-refractivity contribution in [3.05, 3.63) is 6.33 Å². The van der Waals surface area contributed by atoms with Crippen LogP contribution in [0.1, 0.15) is 13.2 Å². The third-order valence-electron chi connectivity index (χ3n) is 1.78. The van der Waals surface area contributed by atoms with Gasteiger partial charge in [0.05, 0.1) is 5.71 Å². The molecule has 2 rings (SSSR count). The summed E-state index contributed by atoms with van der Waals surface area (Å²) in [7, 11) is 0. The van der Waals surface area contributed by atoms with Crippen LogP contribution in [0.3, 0.4) is 0 Å². The minimum absolute atomic E-state index is 0.0815. The van der Waals surface area contributed by atoms with Crippen molar-refractivity contribution in [1.82, 2.24) is 14.8 Å². The lowest BCUT2D eigenvalue weighted by molar-refractivity contribution is 0.156. The van der Waals surface area contributed by atoms with Crippen LogP contribution in [0.25, 0.3) is 0 Å². The number of aliphatic imine (C=N–C) groups is 1. The summed E-state index contributed by atoms with van der Waals surface area (Å²) < 4.78 is 1.17. The predicted molar refractivity (Wildman–Crippen MR) is 43.3 cm³/mol. The number of hydrogen-bond acceptors (Lipinski definition) is 6. The zero-order valence-electron chi connectivity index (χ0n) is 6.79. The summed E-state index contributed by atoms with van der Waals surface area (Å²) in [4.78, 5) is 7.76. The van der Waals surface area contributed by atoms with Crippen LogP contribution in [0.15, 0.2) is 16.5 Å². The third-order valence-corrected chi connectivity index (χ3v) is 1.78. The molecule has 0 spiro atoms. The molecule has 1 atom stereocenters. The van der Waals surface area contributed by atoms with Crippen molar-refractivity contribution in [1.29, 1.82) is 0 Å². The van der Waals surface area contributed by atoms with Crippen LogP contribution in [0.5, 0.6) is 0 Å². The van der Waals surface area contributed by atoms with Crippen LogP contribution in [0, 0.1) is 0 Å². The number of hydrogen-bond donors (Lipinski definition) is 2. The van der Waals surface area contributed by atoms with E-state index in [1.54, 1.807) is 6.92 Å². The van der Waals surface area contributed by atoms with E-state index in [-0.39, 0.29) is 5.71 Å². The molecule has 13 heavy (non-hydrogen) atoms. The maximum atomic E-state index is 9.57. The van der Waals surface area contributed by atoms with Crippen molar-refractivity contribution in [2.24, 2.45) is 10.1 Å². The summed E-state index contributed by atoms with van der Waals surface area (Å²) in [5.41, 5.74) is 0.508. The molecule has 2 N–H and O–H groups in total. The molecule has 0 aromatic carbocycles. The molecule has 1 aliphatic heterocycles. The van der Waals surface area contributed by atoms with Crippen molar-refractivity contribution in [3.63, 3.8) is 0 Å². The Morgan fingerprint density at radius 1 is 1.62 bits per heavy atom. The van der Waals surface area contributed by atoms with Gasteiger partial charge in [0, 0.05) is 0 Å². The molecule has 1 aliphatic rings. The summed E-state index contributed by atoms with van der Waals surface area (Å²) in [6.45, 7) is 1.62. The fraction of sp³-hybridized carbons (Fsp3) is 0.333. The smallest absolute Gasteiger partial charge is 0.250 e. The van der Waals surface area contributed by atoms with Gasteiger partial charge in [-0.25, -0.2) is 4.99 Å². The highest BCUT2D eigenvalue weighted by Crippen LogP contribution is 2.19. The summed E-state index contributed by atoms with van der Waals surface area (Å²) in [6, 6.07) is 0. The molecule has 0 saturated carbocycles. The Kier molecular flexibility index (Phi) is 1.59. The second-order valence-corrected chi connectivity index (χ2v) is 2.56. The Hall–Kier alpha value is -1.76. The van der Waals surface area contributed by atoms with Crippen molar-refractivity contribution in [3.8, 4) is 0 Å². The van der Waals surface area contributed by atoms with Gasteiger partial charge in [0.2, 0.25) is 0 Å². The van der Waals surface area contributed by atoms with E-state index < -0.39 is 6.23 Å². The van der Waals surface area contributed by atoms with Crippen molar-refractivity contribution < 1.29 is 10.3 Å². The number of fused-ring (bicyclic) bond motifs is 1. The van der Waals surface area contributed by atoms with Gasteiger partial charge in [-0.05, 0) is 6.92 Å². The molecule has 7 nitrogen and oxygen atoms in total. The van der Waals surface area contributed by atoms with E-state index in [0.717, 1.165) is 0 Å². The van der Waals surface area contributed by atoms with Gasteiger partial charge in [-0.2, -0.15) is 14.8 Å². The van der Waals surface area contributed by atoms with Gasteiger partial charge in [-0.15, -0.1) is 0 Å². The number of aliphatic hydroxyl groups is 1. The van der Waals surface area contributed by atoms with Crippen LogP contribution < -0.4 is 0 Å². The Bertz CT molecular complexity index is 393. The number of oxime groups is 1. The lowest BCUT2D eigenvalue weighted by Gasteiger charge is -2.17. The van der Waals surface area contributed by atoms with Crippen molar-refractivity contribution in [2.75, 3.05) is 0 Å². The van der Waals surface area contributed by atoms with E-state index in [2.05, 4.69) is 20.2 Å². The molecule has 0 unspecified atom stereocenters. The van der Waals surface area contributed by atoms with Crippen LogP contribution in [0.2, 0.25) is 0 Å². The minimum atomic E-state index is -1.11. The van der Waals surface area contributed by atoms with Crippen LogP contribution >= 0.6 is 0 Å². The van der Waals surface area contributed by atoms with E-state index in [4.69, 9.17) is 5.21 Å². The van der Waals surface area contributed by atoms with Crippen LogP contribution in [0.4, 0.5) is 5.95 Å². The zero-order valence-corrected chi connectivity index (χ0v) is 6.79. The lowest BCUT2D eigenvalue weighted by Crippen LogP contribution is -2.29. The van der Waals surface area contributed by atoms with Crippen LogP contribution in [-0.2, 0) is 0 Å². The third kappa shape index (κ3) is 1.01. The monoisotopic (exact) mass is 181 g/mol. The van der Waals surface area contributed by atoms with E-state index >= 15 is 0 Å². The molecule has 0 fully saturated rings. The SMILES string of the molecule is CC1=Nc2ncnn2[C@H](O)/C1=N/O. The van der Waals surface area contributed by atoms with Gasteiger partial charge in [-0.1, -0.05) is 5.16 Å². The van der Waals surface area contributed by atoms with E-state index in [9.17, 15) is 5.11 Å².